The first-order chi connectivity index (χ1) is 14.8. The summed E-state index contributed by atoms with van der Waals surface area (Å²) in [6.07, 6.45) is 0. The first-order valence-electron chi connectivity index (χ1n) is 10.2. The molecule has 1 N–H and O–H groups in total. The van der Waals surface area contributed by atoms with Crippen LogP contribution in [0.4, 0.5) is 4.39 Å². The highest BCUT2D eigenvalue weighted by Gasteiger charge is 2.27. The Hall–Kier alpha value is -3.41. The molecule has 0 fully saturated rings. The molecule has 2 amide bonds. The predicted octanol–water partition coefficient (Wildman–Crippen LogP) is 4.40. The van der Waals surface area contributed by atoms with Crippen LogP contribution in [-0.4, -0.2) is 36.9 Å². The average Bonchev–Trinajstić information content (AvgIpc) is 2.76. The van der Waals surface area contributed by atoms with E-state index in [9.17, 15) is 14.0 Å². The van der Waals surface area contributed by atoms with E-state index in [4.69, 9.17) is 4.74 Å². The van der Waals surface area contributed by atoms with Crippen LogP contribution >= 0.6 is 0 Å². The fraction of sp³-hybridized carbons (Fsp3) is 0.280. The molecule has 31 heavy (non-hydrogen) atoms. The Balaban J connectivity index is 1.72. The number of nitrogens with zero attached hydrogens (tertiary/aromatic N) is 1. The molecule has 0 radical (unpaired) electrons. The SMILES string of the molecule is COc1ccc2cc(CN(C)C(=O)C(NC(=O)c3ccc(F)cc3)C(C)C)ccc2c1. The molecular formula is C25H27FN2O3. The maximum absolute atomic E-state index is 13.1. The fourth-order valence-corrected chi connectivity index (χ4v) is 3.43. The van der Waals surface area contributed by atoms with Crippen molar-refractivity contribution in [2.75, 3.05) is 14.2 Å². The monoisotopic (exact) mass is 422 g/mol. The average molecular weight is 423 g/mol. The van der Waals surface area contributed by atoms with E-state index in [0.717, 1.165) is 22.1 Å². The summed E-state index contributed by atoms with van der Waals surface area (Å²) in [6.45, 7) is 4.17. The first kappa shape index (κ1) is 22.3. The van der Waals surface area contributed by atoms with Gasteiger partial charge >= 0.3 is 0 Å². The Morgan fingerprint density at radius 3 is 2.29 bits per heavy atom. The Labute approximate surface area is 181 Å². The highest BCUT2D eigenvalue weighted by Crippen LogP contribution is 2.22. The maximum Gasteiger partial charge on any atom is 0.251 e. The smallest absolute Gasteiger partial charge is 0.251 e. The second-order valence-electron chi connectivity index (χ2n) is 7.94. The van der Waals surface area contributed by atoms with Gasteiger partial charge in [0.15, 0.2) is 0 Å². The van der Waals surface area contributed by atoms with Crippen LogP contribution < -0.4 is 10.1 Å². The van der Waals surface area contributed by atoms with Gasteiger partial charge in [0.25, 0.3) is 5.91 Å². The van der Waals surface area contributed by atoms with Crippen LogP contribution in [0.5, 0.6) is 5.75 Å². The number of hydrogen-bond donors (Lipinski definition) is 1. The molecule has 1 unspecified atom stereocenters. The molecule has 0 aliphatic heterocycles. The van der Waals surface area contributed by atoms with Crippen LogP contribution in [0.15, 0.2) is 60.7 Å². The lowest BCUT2D eigenvalue weighted by molar-refractivity contribution is -0.133. The van der Waals surface area contributed by atoms with Crippen molar-refractivity contribution in [3.8, 4) is 5.75 Å². The third-order valence-electron chi connectivity index (χ3n) is 5.23. The molecule has 0 aliphatic carbocycles. The Morgan fingerprint density at radius 2 is 1.65 bits per heavy atom. The number of methoxy groups -OCH3 is 1. The molecule has 3 aromatic carbocycles. The van der Waals surface area contributed by atoms with Gasteiger partial charge in [-0.3, -0.25) is 9.59 Å². The molecule has 0 heterocycles. The Bertz CT molecular complexity index is 1080. The molecule has 0 bridgehead atoms. The molecule has 0 saturated heterocycles. The lowest BCUT2D eigenvalue weighted by Gasteiger charge is -2.27. The molecule has 0 spiro atoms. The van der Waals surface area contributed by atoms with Gasteiger partial charge in [-0.25, -0.2) is 4.39 Å². The maximum atomic E-state index is 13.1. The van der Waals surface area contributed by atoms with Crippen molar-refractivity contribution in [1.82, 2.24) is 10.2 Å². The lowest BCUT2D eigenvalue weighted by Crippen LogP contribution is -2.50. The van der Waals surface area contributed by atoms with E-state index >= 15 is 0 Å². The summed E-state index contributed by atoms with van der Waals surface area (Å²) >= 11 is 0. The molecule has 1 atom stereocenters. The van der Waals surface area contributed by atoms with Crippen molar-refractivity contribution in [2.45, 2.75) is 26.4 Å². The van der Waals surface area contributed by atoms with Crippen molar-refractivity contribution in [1.29, 1.82) is 0 Å². The highest BCUT2D eigenvalue weighted by molar-refractivity contribution is 5.97. The molecule has 3 rings (SSSR count). The minimum absolute atomic E-state index is 0.108. The van der Waals surface area contributed by atoms with Crippen LogP contribution in [0.1, 0.15) is 29.8 Å². The van der Waals surface area contributed by atoms with Crippen LogP contribution in [0.3, 0.4) is 0 Å². The van der Waals surface area contributed by atoms with E-state index in [1.165, 1.54) is 24.3 Å². The predicted molar refractivity (Wildman–Crippen MR) is 119 cm³/mol. The zero-order chi connectivity index (χ0) is 22.5. The normalized spacial score (nSPS) is 11.9. The van der Waals surface area contributed by atoms with Crippen molar-refractivity contribution in [3.63, 3.8) is 0 Å². The second kappa shape index (κ2) is 9.60. The van der Waals surface area contributed by atoms with Gasteiger partial charge in [0.1, 0.15) is 17.6 Å². The zero-order valence-corrected chi connectivity index (χ0v) is 18.2. The molecule has 162 valence electrons. The molecule has 0 aromatic heterocycles. The fourth-order valence-electron chi connectivity index (χ4n) is 3.43. The number of carbonyl (C=O) groups excluding carboxylic acids is 2. The molecule has 3 aromatic rings. The largest absolute Gasteiger partial charge is 0.497 e. The number of hydrogen-bond acceptors (Lipinski definition) is 3. The number of carbonyl (C=O) groups is 2. The number of ether oxygens (including phenoxy) is 1. The van der Waals surface area contributed by atoms with E-state index in [1.54, 1.807) is 19.1 Å². The quantitative estimate of drug-likeness (QED) is 0.614. The van der Waals surface area contributed by atoms with Gasteiger partial charge in [-0.15, -0.1) is 0 Å². The minimum Gasteiger partial charge on any atom is -0.497 e. The van der Waals surface area contributed by atoms with Gasteiger partial charge in [-0.1, -0.05) is 32.0 Å². The second-order valence-corrected chi connectivity index (χ2v) is 7.94. The third-order valence-corrected chi connectivity index (χ3v) is 5.23. The zero-order valence-electron chi connectivity index (χ0n) is 18.2. The Kier molecular flexibility index (Phi) is 6.90. The topological polar surface area (TPSA) is 58.6 Å². The number of likely N-dealkylation sites (N-methyl/N-ethyl adjacent to an activating group) is 1. The van der Waals surface area contributed by atoms with Crippen molar-refractivity contribution in [2.24, 2.45) is 5.92 Å². The Morgan fingerprint density at radius 1 is 1.00 bits per heavy atom. The summed E-state index contributed by atoms with van der Waals surface area (Å²) in [5, 5.41) is 4.91. The number of amides is 2. The minimum atomic E-state index is -0.688. The van der Waals surface area contributed by atoms with Gasteiger partial charge < -0.3 is 15.0 Å². The van der Waals surface area contributed by atoms with Gasteiger partial charge in [0.2, 0.25) is 5.91 Å². The summed E-state index contributed by atoms with van der Waals surface area (Å²) in [7, 11) is 3.36. The number of rotatable bonds is 7. The molecule has 6 heteroatoms. The van der Waals surface area contributed by atoms with Crippen LogP contribution in [0.25, 0.3) is 10.8 Å². The van der Waals surface area contributed by atoms with Crippen LogP contribution in [0, 0.1) is 11.7 Å². The summed E-state index contributed by atoms with van der Waals surface area (Å²) in [5.74, 6) is -0.311. The third kappa shape index (κ3) is 5.40. The number of halogens is 1. The van der Waals surface area contributed by atoms with E-state index in [2.05, 4.69) is 5.32 Å². The van der Waals surface area contributed by atoms with Crippen molar-refractivity contribution < 1.29 is 18.7 Å². The highest BCUT2D eigenvalue weighted by atomic mass is 19.1. The molecule has 5 nitrogen and oxygen atoms in total. The molecule has 0 aliphatic rings. The summed E-state index contributed by atoms with van der Waals surface area (Å²) in [4.78, 5) is 27.2. The standard InChI is InChI=1S/C25H27FN2O3/c1-16(2)23(27-24(29)18-7-10-21(26)11-8-18)25(30)28(3)15-17-5-6-20-14-22(31-4)12-9-19(20)13-17/h5-14,16,23H,15H2,1-4H3,(H,27,29). The van der Waals surface area contributed by atoms with Gasteiger partial charge in [-0.05, 0) is 64.7 Å². The van der Waals surface area contributed by atoms with E-state index in [1.807, 2.05) is 50.2 Å². The number of fused-ring (bicyclic) bond motifs is 1. The van der Waals surface area contributed by atoms with Crippen molar-refractivity contribution in [3.05, 3.63) is 77.6 Å². The number of benzene rings is 3. The first-order valence-corrected chi connectivity index (χ1v) is 10.2. The summed E-state index contributed by atoms with van der Waals surface area (Å²) < 4.78 is 18.4. The van der Waals surface area contributed by atoms with E-state index < -0.39 is 17.8 Å². The summed E-state index contributed by atoms with van der Waals surface area (Å²) in [6, 6.07) is 16.4. The van der Waals surface area contributed by atoms with Gasteiger partial charge in [0.05, 0.1) is 7.11 Å². The molecular weight excluding hydrogens is 395 g/mol. The van der Waals surface area contributed by atoms with E-state index in [0.29, 0.717) is 12.1 Å². The van der Waals surface area contributed by atoms with Gasteiger partial charge in [0, 0.05) is 19.2 Å². The van der Waals surface area contributed by atoms with Crippen LogP contribution in [-0.2, 0) is 11.3 Å². The number of nitrogens with one attached hydrogen (secondary N) is 1. The van der Waals surface area contributed by atoms with Crippen LogP contribution in [0.2, 0.25) is 0 Å². The van der Waals surface area contributed by atoms with Crippen molar-refractivity contribution >= 4 is 22.6 Å². The van der Waals surface area contributed by atoms with E-state index in [-0.39, 0.29) is 11.8 Å². The molecule has 0 saturated carbocycles. The summed E-state index contributed by atoms with van der Waals surface area (Å²) in [5.41, 5.74) is 1.30. The van der Waals surface area contributed by atoms with Gasteiger partial charge in [-0.2, -0.15) is 0 Å². The lowest BCUT2D eigenvalue weighted by atomic mass is 10.0.